The fourth-order valence-electron chi connectivity index (χ4n) is 6.29. The fraction of sp³-hybridized carbons (Fsp3) is 0.825. The number of amides is 1. The average molecular weight is 792 g/mol. The molecule has 0 spiro atoms. The molecule has 1 fully saturated rings. The Kier molecular flexibility index (Phi) is 28.7. The Hall–Kier alpha value is -1.48. The van der Waals surface area contributed by atoms with Crippen LogP contribution >= 0.6 is 7.82 Å². The zero-order chi connectivity index (χ0) is 40.2. The summed E-state index contributed by atoms with van der Waals surface area (Å²) >= 11 is 0. The highest BCUT2D eigenvalue weighted by atomic mass is 31.2. The van der Waals surface area contributed by atoms with Crippen LogP contribution < -0.4 is 5.32 Å². The second-order valence-electron chi connectivity index (χ2n) is 14.7. The van der Waals surface area contributed by atoms with Crippen LogP contribution in [0.15, 0.2) is 36.5 Å². The first-order chi connectivity index (χ1) is 25.8. The summed E-state index contributed by atoms with van der Waals surface area (Å²) in [5, 5.41) is 73.9. The summed E-state index contributed by atoms with van der Waals surface area (Å²) in [6.07, 6.45) is 18.5. The lowest BCUT2D eigenvalue weighted by Gasteiger charge is -2.41. The van der Waals surface area contributed by atoms with Gasteiger partial charge < -0.3 is 46.0 Å². The van der Waals surface area contributed by atoms with Gasteiger partial charge in [0.05, 0.1) is 31.3 Å². The van der Waals surface area contributed by atoms with Crippen molar-refractivity contribution >= 4 is 13.7 Å². The zero-order valence-electron chi connectivity index (χ0n) is 32.9. The molecule has 8 unspecified atom stereocenters. The van der Waals surface area contributed by atoms with Crippen molar-refractivity contribution < 1.29 is 59.0 Å². The average Bonchev–Trinajstić information content (AvgIpc) is 3.14. The molecular formula is C40H74NO12P. The molecule has 0 bridgehead atoms. The van der Waals surface area contributed by atoms with Crippen LogP contribution in [0.4, 0.5) is 0 Å². The van der Waals surface area contributed by atoms with E-state index in [-0.39, 0.29) is 6.42 Å². The fourth-order valence-corrected chi connectivity index (χ4v) is 7.25. The highest BCUT2D eigenvalue weighted by molar-refractivity contribution is 7.47. The number of aliphatic hydroxyl groups excluding tert-OH is 7. The van der Waals surface area contributed by atoms with Crippen molar-refractivity contribution in [2.24, 2.45) is 0 Å². The molecule has 0 aromatic rings. The molecule has 8 atom stereocenters. The lowest BCUT2D eigenvalue weighted by molar-refractivity contribution is -0.220. The SMILES string of the molecule is CCCCC/C=C\C=C/CCCCCCCCCCC(O)CC(=O)NC(COP(=O)(O)OC1C(O)C(O)C(O)C(O)C1O)C(O)/C=C/CCCCCCC. The molecule has 1 rings (SSSR count). The van der Waals surface area contributed by atoms with E-state index in [1.165, 1.54) is 51.0 Å². The first-order valence-electron chi connectivity index (χ1n) is 20.5. The van der Waals surface area contributed by atoms with Gasteiger partial charge >= 0.3 is 7.82 Å². The van der Waals surface area contributed by atoms with Crippen LogP contribution in [-0.2, 0) is 18.4 Å². The minimum atomic E-state index is -5.13. The second-order valence-corrected chi connectivity index (χ2v) is 16.1. The summed E-state index contributed by atoms with van der Waals surface area (Å²) in [5.74, 6) is -0.604. The van der Waals surface area contributed by atoms with E-state index in [1.54, 1.807) is 6.08 Å². The minimum absolute atomic E-state index is 0.251. The third kappa shape index (κ3) is 22.9. The Balaban J connectivity index is 2.51. The molecule has 0 radical (unpaired) electrons. The number of carbonyl (C=O) groups is 1. The van der Waals surface area contributed by atoms with Crippen LogP contribution in [0.25, 0.3) is 0 Å². The Morgan fingerprint density at radius 2 is 1.11 bits per heavy atom. The maximum Gasteiger partial charge on any atom is 0.472 e. The normalized spacial score (nSPS) is 25.0. The standard InChI is InChI=1S/C40H74NO12P/c1-3-5-7-9-11-12-13-14-15-16-17-18-19-20-22-23-25-27-31(42)29-34(44)41-32(33(43)28-26-24-21-10-8-6-4-2)30-52-54(50,51)53-40-38(48)36(46)35(45)37(47)39(40)49/h11-14,26,28,31-33,35-40,42-43,45-49H,3-10,15-25,27,29-30H2,1-2H3,(H,41,44)(H,50,51)/b12-11-,14-13-,28-26+. The van der Waals surface area contributed by atoms with Crippen molar-refractivity contribution in [3.8, 4) is 0 Å². The van der Waals surface area contributed by atoms with Crippen molar-refractivity contribution in [1.82, 2.24) is 5.32 Å². The van der Waals surface area contributed by atoms with E-state index < -0.39 is 75.2 Å². The molecule has 316 valence electrons. The number of hydrogen-bond acceptors (Lipinski definition) is 11. The van der Waals surface area contributed by atoms with E-state index in [1.807, 2.05) is 0 Å². The van der Waals surface area contributed by atoms with E-state index in [0.29, 0.717) is 12.8 Å². The summed E-state index contributed by atoms with van der Waals surface area (Å²) in [4.78, 5) is 23.2. The van der Waals surface area contributed by atoms with Crippen LogP contribution in [0.3, 0.4) is 0 Å². The number of phosphoric acid groups is 1. The Bertz CT molecular complexity index is 1080. The number of aliphatic hydroxyl groups is 7. The molecule has 1 amide bonds. The lowest BCUT2D eigenvalue weighted by Crippen LogP contribution is -2.64. The monoisotopic (exact) mass is 791 g/mol. The van der Waals surface area contributed by atoms with Crippen LogP contribution in [0, 0.1) is 0 Å². The van der Waals surface area contributed by atoms with Gasteiger partial charge in [0.1, 0.15) is 36.6 Å². The summed E-state index contributed by atoms with van der Waals surface area (Å²) in [7, 11) is -5.13. The quantitative estimate of drug-likeness (QED) is 0.0180. The molecule has 0 aromatic carbocycles. The van der Waals surface area contributed by atoms with E-state index in [0.717, 1.165) is 70.6 Å². The van der Waals surface area contributed by atoms with Crippen molar-refractivity contribution in [2.75, 3.05) is 6.61 Å². The van der Waals surface area contributed by atoms with E-state index in [9.17, 15) is 50.0 Å². The molecule has 0 heterocycles. The van der Waals surface area contributed by atoms with Crippen molar-refractivity contribution in [3.63, 3.8) is 0 Å². The molecule has 14 heteroatoms. The number of allylic oxidation sites excluding steroid dienone is 5. The maximum absolute atomic E-state index is 12.9. The van der Waals surface area contributed by atoms with Gasteiger partial charge in [-0.2, -0.15) is 0 Å². The molecular weight excluding hydrogens is 717 g/mol. The molecule has 1 aliphatic carbocycles. The van der Waals surface area contributed by atoms with Crippen LogP contribution in [0.1, 0.15) is 149 Å². The van der Waals surface area contributed by atoms with Gasteiger partial charge in [0.15, 0.2) is 0 Å². The Morgan fingerprint density at radius 3 is 1.67 bits per heavy atom. The van der Waals surface area contributed by atoms with E-state index in [2.05, 4.69) is 43.5 Å². The largest absolute Gasteiger partial charge is 0.472 e. The van der Waals surface area contributed by atoms with Gasteiger partial charge in [-0.25, -0.2) is 4.57 Å². The summed E-state index contributed by atoms with van der Waals surface area (Å²) in [5.41, 5.74) is 0. The summed E-state index contributed by atoms with van der Waals surface area (Å²) < 4.78 is 22.7. The zero-order valence-corrected chi connectivity index (χ0v) is 33.8. The van der Waals surface area contributed by atoms with Crippen molar-refractivity contribution in [2.45, 2.75) is 204 Å². The topological polar surface area (TPSA) is 226 Å². The van der Waals surface area contributed by atoms with Gasteiger partial charge in [-0.1, -0.05) is 134 Å². The first-order valence-corrected chi connectivity index (χ1v) is 22.0. The van der Waals surface area contributed by atoms with Gasteiger partial charge in [-0.15, -0.1) is 0 Å². The predicted molar refractivity (Wildman–Crippen MR) is 210 cm³/mol. The van der Waals surface area contributed by atoms with E-state index in [4.69, 9.17) is 9.05 Å². The van der Waals surface area contributed by atoms with Crippen LogP contribution in [0.2, 0.25) is 0 Å². The van der Waals surface area contributed by atoms with E-state index >= 15 is 0 Å². The molecule has 1 aliphatic rings. The van der Waals surface area contributed by atoms with Gasteiger partial charge in [-0.3, -0.25) is 13.8 Å². The molecule has 0 saturated heterocycles. The van der Waals surface area contributed by atoms with Gasteiger partial charge in [0.2, 0.25) is 5.91 Å². The molecule has 13 nitrogen and oxygen atoms in total. The smallest absolute Gasteiger partial charge is 0.393 e. The predicted octanol–water partition coefficient (Wildman–Crippen LogP) is 5.41. The van der Waals surface area contributed by atoms with Gasteiger partial charge in [0, 0.05) is 0 Å². The number of nitrogens with one attached hydrogen (secondary N) is 1. The number of phosphoric ester groups is 1. The van der Waals surface area contributed by atoms with Gasteiger partial charge in [-0.05, 0) is 44.9 Å². The lowest BCUT2D eigenvalue weighted by atomic mass is 9.85. The highest BCUT2D eigenvalue weighted by Crippen LogP contribution is 2.47. The first kappa shape index (κ1) is 50.5. The number of carbonyl (C=O) groups excluding carboxylic acids is 1. The molecule has 0 aliphatic heterocycles. The van der Waals surface area contributed by atoms with Crippen LogP contribution in [-0.4, -0.2) is 108 Å². The highest BCUT2D eigenvalue weighted by Gasteiger charge is 2.51. The van der Waals surface area contributed by atoms with Crippen molar-refractivity contribution in [1.29, 1.82) is 0 Å². The van der Waals surface area contributed by atoms with Crippen molar-refractivity contribution in [3.05, 3.63) is 36.5 Å². The molecule has 0 aromatic heterocycles. The van der Waals surface area contributed by atoms with Gasteiger partial charge in [0.25, 0.3) is 0 Å². The van der Waals surface area contributed by atoms with Crippen LogP contribution in [0.5, 0.6) is 0 Å². The third-order valence-electron chi connectivity index (χ3n) is 9.75. The second kappa shape index (κ2) is 30.6. The number of unbranched alkanes of at least 4 members (excludes halogenated alkanes) is 16. The maximum atomic E-state index is 12.9. The third-order valence-corrected chi connectivity index (χ3v) is 10.7. The number of rotatable bonds is 32. The molecule has 54 heavy (non-hydrogen) atoms. The number of hydrogen-bond donors (Lipinski definition) is 9. The minimum Gasteiger partial charge on any atom is -0.393 e. The Morgan fingerprint density at radius 1 is 0.667 bits per heavy atom. The Labute approximate surface area is 324 Å². The molecule has 9 N–H and O–H groups in total. The summed E-state index contributed by atoms with van der Waals surface area (Å²) in [6.45, 7) is 3.60. The summed E-state index contributed by atoms with van der Waals surface area (Å²) in [6, 6.07) is -1.24. The molecule has 1 saturated carbocycles.